The van der Waals surface area contributed by atoms with Crippen LogP contribution in [0.1, 0.15) is 25.7 Å². The van der Waals surface area contributed by atoms with Gasteiger partial charge in [0, 0.05) is 26.2 Å². The van der Waals surface area contributed by atoms with Crippen LogP contribution in [-0.4, -0.2) is 41.4 Å². The van der Waals surface area contributed by atoms with Crippen LogP contribution in [0.5, 0.6) is 0 Å². The lowest BCUT2D eigenvalue weighted by Gasteiger charge is -2.19. The van der Waals surface area contributed by atoms with Gasteiger partial charge in [0.25, 0.3) is 0 Å². The molecule has 0 atom stereocenters. The van der Waals surface area contributed by atoms with Crippen LogP contribution in [0.25, 0.3) is 0 Å². The van der Waals surface area contributed by atoms with Gasteiger partial charge in [0.15, 0.2) is 5.82 Å². The molecule has 0 aliphatic carbocycles. The van der Waals surface area contributed by atoms with Gasteiger partial charge in [-0.25, -0.2) is 0 Å². The summed E-state index contributed by atoms with van der Waals surface area (Å²) in [6.45, 7) is 4.37. The van der Waals surface area contributed by atoms with Crippen LogP contribution < -0.4 is 9.80 Å². The second-order valence-electron chi connectivity index (χ2n) is 4.50. The summed E-state index contributed by atoms with van der Waals surface area (Å²) >= 11 is 0. The Balaban J connectivity index is 1.81. The summed E-state index contributed by atoms with van der Waals surface area (Å²) in [6.07, 6.45) is 6.81. The van der Waals surface area contributed by atoms with Gasteiger partial charge in [-0.2, -0.15) is 10.1 Å². The molecule has 0 bridgehead atoms. The summed E-state index contributed by atoms with van der Waals surface area (Å²) in [4.78, 5) is 9.14. The summed E-state index contributed by atoms with van der Waals surface area (Å²) in [5.74, 6) is 1.80. The summed E-state index contributed by atoms with van der Waals surface area (Å²) < 4.78 is 0. The third-order valence-corrected chi connectivity index (χ3v) is 3.35. The smallest absolute Gasteiger partial charge is 0.247 e. The molecule has 0 amide bonds. The largest absolute Gasteiger partial charge is 0.355 e. The molecule has 1 aromatic rings. The van der Waals surface area contributed by atoms with Crippen LogP contribution in [0.15, 0.2) is 6.20 Å². The van der Waals surface area contributed by atoms with E-state index in [1.807, 2.05) is 0 Å². The quantitative estimate of drug-likeness (QED) is 0.744. The highest BCUT2D eigenvalue weighted by Crippen LogP contribution is 2.20. The molecule has 5 nitrogen and oxygen atoms in total. The molecule has 2 saturated heterocycles. The molecule has 0 spiro atoms. The average Bonchev–Trinajstić information content (AvgIpc) is 3.03. The third-order valence-electron chi connectivity index (χ3n) is 3.35. The number of aromatic nitrogens is 3. The molecule has 1 aromatic heterocycles. The topological polar surface area (TPSA) is 45.2 Å². The van der Waals surface area contributed by atoms with E-state index in [4.69, 9.17) is 0 Å². The first-order valence-corrected chi connectivity index (χ1v) is 6.13. The highest BCUT2D eigenvalue weighted by atomic mass is 15.4. The zero-order valence-electron chi connectivity index (χ0n) is 9.47. The van der Waals surface area contributed by atoms with Crippen molar-refractivity contribution in [1.82, 2.24) is 15.2 Å². The lowest BCUT2D eigenvalue weighted by Crippen LogP contribution is -2.24. The highest BCUT2D eigenvalue weighted by molar-refractivity contribution is 5.42. The molecule has 0 aromatic carbocycles. The third kappa shape index (κ3) is 1.81. The number of anilines is 2. The molecular weight excluding hydrogens is 202 g/mol. The average molecular weight is 219 g/mol. The fourth-order valence-corrected chi connectivity index (χ4v) is 2.44. The van der Waals surface area contributed by atoms with Gasteiger partial charge in [-0.15, -0.1) is 5.10 Å². The van der Waals surface area contributed by atoms with E-state index in [0.717, 1.165) is 37.9 Å². The van der Waals surface area contributed by atoms with E-state index in [9.17, 15) is 0 Å². The van der Waals surface area contributed by atoms with Crippen molar-refractivity contribution in [2.45, 2.75) is 25.7 Å². The predicted molar refractivity (Wildman–Crippen MR) is 62.7 cm³/mol. The molecule has 5 heteroatoms. The minimum atomic E-state index is 0.807. The zero-order valence-corrected chi connectivity index (χ0v) is 9.47. The molecule has 86 valence electrons. The Morgan fingerprint density at radius 2 is 1.50 bits per heavy atom. The van der Waals surface area contributed by atoms with E-state index in [2.05, 4.69) is 25.0 Å². The van der Waals surface area contributed by atoms with Gasteiger partial charge < -0.3 is 9.80 Å². The Hall–Kier alpha value is -1.39. The normalized spacial score (nSPS) is 20.8. The first-order chi connectivity index (χ1) is 7.93. The van der Waals surface area contributed by atoms with Crippen molar-refractivity contribution in [2.24, 2.45) is 0 Å². The summed E-state index contributed by atoms with van der Waals surface area (Å²) in [7, 11) is 0. The van der Waals surface area contributed by atoms with Gasteiger partial charge in [-0.05, 0) is 25.7 Å². The van der Waals surface area contributed by atoms with Crippen molar-refractivity contribution in [3.63, 3.8) is 0 Å². The molecule has 2 aliphatic rings. The Morgan fingerprint density at radius 1 is 0.875 bits per heavy atom. The molecule has 3 rings (SSSR count). The molecule has 2 aliphatic heterocycles. The van der Waals surface area contributed by atoms with Crippen LogP contribution >= 0.6 is 0 Å². The minimum absolute atomic E-state index is 0.807. The van der Waals surface area contributed by atoms with Crippen molar-refractivity contribution in [3.8, 4) is 0 Å². The van der Waals surface area contributed by atoms with Crippen LogP contribution in [0, 0.1) is 0 Å². The van der Waals surface area contributed by atoms with Crippen LogP contribution in [-0.2, 0) is 0 Å². The molecule has 0 N–H and O–H groups in total. The number of rotatable bonds is 2. The summed E-state index contributed by atoms with van der Waals surface area (Å²) in [6, 6.07) is 0. The van der Waals surface area contributed by atoms with Gasteiger partial charge in [0.1, 0.15) is 0 Å². The van der Waals surface area contributed by atoms with Gasteiger partial charge in [-0.1, -0.05) is 0 Å². The van der Waals surface area contributed by atoms with Crippen molar-refractivity contribution in [2.75, 3.05) is 36.0 Å². The molecule has 3 heterocycles. The van der Waals surface area contributed by atoms with Crippen LogP contribution in [0.4, 0.5) is 11.8 Å². The van der Waals surface area contributed by atoms with Crippen LogP contribution in [0.2, 0.25) is 0 Å². The lowest BCUT2D eigenvalue weighted by molar-refractivity contribution is 0.826. The Bertz CT molecular complexity index is 324. The van der Waals surface area contributed by atoms with Gasteiger partial charge in [0.2, 0.25) is 5.95 Å². The second-order valence-corrected chi connectivity index (χ2v) is 4.50. The van der Waals surface area contributed by atoms with E-state index in [0.29, 0.717) is 0 Å². The Morgan fingerprint density at radius 3 is 2.19 bits per heavy atom. The van der Waals surface area contributed by atoms with Crippen molar-refractivity contribution < 1.29 is 0 Å². The standard InChI is InChI=1S/C11H17N5/c1-2-6-15(5-1)10-9-12-14-11(13-10)16-7-3-4-8-16/h9H,1-8H2. The van der Waals surface area contributed by atoms with E-state index in [1.54, 1.807) is 6.20 Å². The van der Waals surface area contributed by atoms with Crippen LogP contribution in [0.3, 0.4) is 0 Å². The first-order valence-electron chi connectivity index (χ1n) is 6.13. The fourth-order valence-electron chi connectivity index (χ4n) is 2.44. The Kier molecular flexibility index (Phi) is 2.60. The Labute approximate surface area is 95.5 Å². The van der Waals surface area contributed by atoms with E-state index in [-0.39, 0.29) is 0 Å². The summed E-state index contributed by atoms with van der Waals surface area (Å²) in [5, 5.41) is 8.21. The molecule has 0 radical (unpaired) electrons. The fraction of sp³-hybridized carbons (Fsp3) is 0.727. The van der Waals surface area contributed by atoms with Gasteiger partial charge in [-0.3, -0.25) is 0 Å². The summed E-state index contributed by atoms with van der Waals surface area (Å²) in [5.41, 5.74) is 0. The van der Waals surface area contributed by atoms with Crippen molar-refractivity contribution >= 4 is 11.8 Å². The molecule has 16 heavy (non-hydrogen) atoms. The van der Waals surface area contributed by atoms with Gasteiger partial charge >= 0.3 is 0 Å². The zero-order chi connectivity index (χ0) is 10.8. The van der Waals surface area contributed by atoms with Crippen molar-refractivity contribution in [3.05, 3.63) is 6.20 Å². The van der Waals surface area contributed by atoms with Crippen molar-refractivity contribution in [1.29, 1.82) is 0 Å². The maximum absolute atomic E-state index is 4.62. The predicted octanol–water partition coefficient (Wildman–Crippen LogP) is 1.07. The highest BCUT2D eigenvalue weighted by Gasteiger charge is 2.18. The van der Waals surface area contributed by atoms with E-state index < -0.39 is 0 Å². The number of nitrogens with zero attached hydrogens (tertiary/aromatic N) is 5. The first kappa shape index (κ1) is 9.81. The van der Waals surface area contributed by atoms with Gasteiger partial charge in [0.05, 0.1) is 6.20 Å². The maximum Gasteiger partial charge on any atom is 0.247 e. The number of hydrogen-bond acceptors (Lipinski definition) is 5. The molecule has 0 saturated carbocycles. The molecular formula is C11H17N5. The minimum Gasteiger partial charge on any atom is -0.355 e. The second kappa shape index (κ2) is 4.23. The molecule has 2 fully saturated rings. The monoisotopic (exact) mass is 219 g/mol. The maximum atomic E-state index is 4.62. The lowest BCUT2D eigenvalue weighted by atomic mass is 10.4. The van der Waals surface area contributed by atoms with E-state index in [1.165, 1.54) is 25.7 Å². The SMILES string of the molecule is c1nnc(N2CCCC2)nc1N1CCCC1. The van der Waals surface area contributed by atoms with E-state index >= 15 is 0 Å². The number of hydrogen-bond donors (Lipinski definition) is 0. The molecule has 0 unspecified atom stereocenters.